The van der Waals surface area contributed by atoms with E-state index in [9.17, 15) is 4.79 Å². The number of carbonyl (C=O) groups is 1. The molecule has 0 bridgehead atoms. The highest BCUT2D eigenvalue weighted by atomic mass is 16.5. The van der Waals surface area contributed by atoms with Crippen LogP contribution in [0.25, 0.3) is 0 Å². The van der Waals surface area contributed by atoms with Gasteiger partial charge < -0.3 is 15.4 Å². The number of carbonyl (C=O) groups excluding carboxylic acids is 1. The SMILES string of the molecule is COc1ccccc1C(C)N(C)C(=O)CC1(N)CCCC1. The molecule has 1 aromatic carbocycles. The van der Waals surface area contributed by atoms with Crippen LogP contribution >= 0.6 is 0 Å². The number of hydrogen-bond acceptors (Lipinski definition) is 3. The summed E-state index contributed by atoms with van der Waals surface area (Å²) in [5.74, 6) is 0.922. The van der Waals surface area contributed by atoms with E-state index in [-0.39, 0.29) is 17.5 Å². The molecule has 1 fully saturated rings. The molecule has 4 nitrogen and oxygen atoms in total. The smallest absolute Gasteiger partial charge is 0.224 e. The third kappa shape index (κ3) is 3.56. The second kappa shape index (κ2) is 6.48. The summed E-state index contributed by atoms with van der Waals surface area (Å²) in [6.45, 7) is 2.02. The molecule has 0 radical (unpaired) electrons. The van der Waals surface area contributed by atoms with E-state index in [2.05, 4.69) is 0 Å². The van der Waals surface area contributed by atoms with Crippen LogP contribution in [0.1, 0.15) is 50.6 Å². The highest BCUT2D eigenvalue weighted by Crippen LogP contribution is 2.33. The molecule has 2 N–H and O–H groups in total. The Bertz CT molecular complexity index is 495. The van der Waals surface area contributed by atoms with Crippen LogP contribution in [-0.2, 0) is 4.79 Å². The molecule has 0 saturated heterocycles. The summed E-state index contributed by atoms with van der Waals surface area (Å²) in [5, 5.41) is 0. The Hall–Kier alpha value is -1.55. The molecular weight excluding hydrogens is 264 g/mol. The Morgan fingerprint density at radius 2 is 2.00 bits per heavy atom. The molecule has 1 unspecified atom stereocenters. The van der Waals surface area contributed by atoms with Gasteiger partial charge in [0, 0.05) is 24.6 Å². The molecule has 116 valence electrons. The molecule has 1 saturated carbocycles. The van der Waals surface area contributed by atoms with E-state index in [1.165, 1.54) is 0 Å². The number of ether oxygens (including phenoxy) is 1. The number of nitrogens with two attached hydrogens (primary N) is 1. The van der Waals surface area contributed by atoms with E-state index in [1.54, 1.807) is 12.0 Å². The van der Waals surface area contributed by atoms with Crippen molar-refractivity contribution in [3.8, 4) is 5.75 Å². The first kappa shape index (κ1) is 15.8. The lowest BCUT2D eigenvalue weighted by molar-refractivity contribution is -0.133. The zero-order chi connectivity index (χ0) is 15.5. The first-order valence-corrected chi connectivity index (χ1v) is 7.64. The van der Waals surface area contributed by atoms with Crippen LogP contribution in [0.2, 0.25) is 0 Å². The van der Waals surface area contributed by atoms with Crippen molar-refractivity contribution < 1.29 is 9.53 Å². The zero-order valence-electron chi connectivity index (χ0n) is 13.3. The molecule has 4 heteroatoms. The fourth-order valence-electron chi connectivity index (χ4n) is 3.12. The van der Waals surface area contributed by atoms with Crippen molar-refractivity contribution in [2.24, 2.45) is 5.73 Å². The second-order valence-corrected chi connectivity index (χ2v) is 6.17. The maximum atomic E-state index is 12.5. The third-order valence-electron chi connectivity index (χ3n) is 4.67. The normalized spacial score (nSPS) is 18.3. The van der Waals surface area contributed by atoms with E-state index in [0.29, 0.717) is 6.42 Å². The van der Waals surface area contributed by atoms with Gasteiger partial charge in [-0.05, 0) is 25.8 Å². The Balaban J connectivity index is 2.07. The van der Waals surface area contributed by atoms with Crippen LogP contribution in [0.15, 0.2) is 24.3 Å². The summed E-state index contributed by atoms with van der Waals surface area (Å²) in [5.41, 5.74) is 7.04. The molecule has 0 spiro atoms. The average molecular weight is 290 g/mol. The summed E-state index contributed by atoms with van der Waals surface area (Å²) < 4.78 is 5.39. The van der Waals surface area contributed by atoms with Crippen molar-refractivity contribution in [3.63, 3.8) is 0 Å². The van der Waals surface area contributed by atoms with Crippen LogP contribution in [-0.4, -0.2) is 30.5 Å². The molecule has 1 amide bonds. The number of para-hydroxylation sites is 1. The summed E-state index contributed by atoms with van der Waals surface area (Å²) in [6.07, 6.45) is 4.61. The largest absolute Gasteiger partial charge is 0.496 e. The van der Waals surface area contributed by atoms with E-state index in [4.69, 9.17) is 10.5 Å². The first-order chi connectivity index (χ1) is 9.97. The fourth-order valence-corrected chi connectivity index (χ4v) is 3.12. The van der Waals surface area contributed by atoms with Gasteiger partial charge in [0.05, 0.1) is 13.2 Å². The van der Waals surface area contributed by atoms with Gasteiger partial charge in [-0.15, -0.1) is 0 Å². The maximum Gasteiger partial charge on any atom is 0.224 e. The molecule has 1 aliphatic rings. The predicted octanol–water partition coefficient (Wildman–Crippen LogP) is 2.88. The van der Waals surface area contributed by atoms with Crippen LogP contribution in [0, 0.1) is 0 Å². The van der Waals surface area contributed by atoms with Crippen LogP contribution in [0.5, 0.6) is 5.75 Å². The van der Waals surface area contributed by atoms with Gasteiger partial charge in [-0.2, -0.15) is 0 Å². The van der Waals surface area contributed by atoms with E-state index in [0.717, 1.165) is 37.0 Å². The predicted molar refractivity (Wildman–Crippen MR) is 84.2 cm³/mol. The topological polar surface area (TPSA) is 55.6 Å². The summed E-state index contributed by atoms with van der Waals surface area (Å²) in [6, 6.07) is 7.80. The van der Waals surface area contributed by atoms with Crippen molar-refractivity contribution in [2.45, 2.75) is 50.6 Å². The van der Waals surface area contributed by atoms with Crippen molar-refractivity contribution >= 4 is 5.91 Å². The van der Waals surface area contributed by atoms with Gasteiger partial charge >= 0.3 is 0 Å². The van der Waals surface area contributed by atoms with Crippen molar-refractivity contribution in [1.82, 2.24) is 4.90 Å². The Labute approximate surface area is 127 Å². The Kier molecular flexibility index (Phi) is 4.88. The van der Waals surface area contributed by atoms with Gasteiger partial charge in [-0.3, -0.25) is 4.79 Å². The van der Waals surface area contributed by atoms with E-state index >= 15 is 0 Å². The lowest BCUT2D eigenvalue weighted by atomic mass is 9.93. The van der Waals surface area contributed by atoms with Crippen molar-refractivity contribution in [3.05, 3.63) is 29.8 Å². The summed E-state index contributed by atoms with van der Waals surface area (Å²) in [7, 11) is 3.50. The minimum Gasteiger partial charge on any atom is -0.496 e. The number of methoxy groups -OCH3 is 1. The van der Waals surface area contributed by atoms with Gasteiger partial charge in [0.25, 0.3) is 0 Å². The molecule has 2 rings (SSSR count). The minimum atomic E-state index is -0.300. The standard InChI is InChI=1S/C17H26N2O2/c1-13(14-8-4-5-9-15(14)21-3)19(2)16(20)12-17(18)10-6-7-11-17/h4-5,8-9,13H,6-7,10-12,18H2,1-3H3. The van der Waals surface area contributed by atoms with Gasteiger partial charge in [0.15, 0.2) is 0 Å². The van der Waals surface area contributed by atoms with Crippen molar-refractivity contribution in [2.75, 3.05) is 14.2 Å². The number of rotatable bonds is 5. The van der Waals surface area contributed by atoms with Crippen LogP contribution in [0.4, 0.5) is 0 Å². The fraction of sp³-hybridized carbons (Fsp3) is 0.588. The van der Waals surface area contributed by atoms with E-state index < -0.39 is 0 Å². The Morgan fingerprint density at radius 3 is 2.62 bits per heavy atom. The van der Waals surface area contributed by atoms with Crippen LogP contribution < -0.4 is 10.5 Å². The van der Waals surface area contributed by atoms with Crippen LogP contribution in [0.3, 0.4) is 0 Å². The quantitative estimate of drug-likeness (QED) is 0.907. The van der Waals surface area contributed by atoms with Gasteiger partial charge in [-0.1, -0.05) is 31.0 Å². The highest BCUT2D eigenvalue weighted by Gasteiger charge is 2.33. The molecule has 1 aromatic rings. The lowest BCUT2D eigenvalue weighted by Gasteiger charge is -2.30. The van der Waals surface area contributed by atoms with Gasteiger partial charge in [0.1, 0.15) is 5.75 Å². The summed E-state index contributed by atoms with van der Waals surface area (Å²) >= 11 is 0. The van der Waals surface area contributed by atoms with Gasteiger partial charge in [-0.25, -0.2) is 0 Å². The number of hydrogen-bond donors (Lipinski definition) is 1. The monoisotopic (exact) mass is 290 g/mol. The minimum absolute atomic E-state index is 0.0290. The zero-order valence-corrected chi connectivity index (χ0v) is 13.3. The van der Waals surface area contributed by atoms with Gasteiger partial charge in [0.2, 0.25) is 5.91 Å². The second-order valence-electron chi connectivity index (χ2n) is 6.17. The van der Waals surface area contributed by atoms with E-state index in [1.807, 2.05) is 38.2 Å². The number of amides is 1. The first-order valence-electron chi connectivity index (χ1n) is 7.64. The Morgan fingerprint density at radius 1 is 1.38 bits per heavy atom. The summed E-state index contributed by atoms with van der Waals surface area (Å²) in [4.78, 5) is 14.3. The molecule has 0 aromatic heterocycles. The molecule has 0 heterocycles. The average Bonchev–Trinajstić information content (AvgIpc) is 2.91. The molecular formula is C17H26N2O2. The third-order valence-corrected chi connectivity index (χ3v) is 4.67. The molecule has 1 atom stereocenters. The highest BCUT2D eigenvalue weighted by molar-refractivity contribution is 5.77. The molecule has 1 aliphatic carbocycles. The lowest BCUT2D eigenvalue weighted by Crippen LogP contribution is -2.43. The molecule has 0 aliphatic heterocycles. The molecule has 21 heavy (non-hydrogen) atoms. The van der Waals surface area contributed by atoms with Crippen molar-refractivity contribution in [1.29, 1.82) is 0 Å². The maximum absolute atomic E-state index is 12.5. The number of benzene rings is 1. The number of nitrogens with zero attached hydrogens (tertiary/aromatic N) is 1.